The molecule has 2 aliphatic carbocycles. The zero-order valence-electron chi connectivity index (χ0n) is 29.6. The Labute approximate surface area is 299 Å². The van der Waals surface area contributed by atoms with Gasteiger partial charge in [-0.15, -0.1) is 0 Å². The summed E-state index contributed by atoms with van der Waals surface area (Å²) in [5, 5.41) is 6.13. The van der Waals surface area contributed by atoms with E-state index in [2.05, 4.69) is 101 Å². The Morgan fingerprint density at radius 1 is 0.863 bits per heavy atom. The van der Waals surface area contributed by atoms with Crippen LogP contribution in [0.2, 0.25) is 0 Å². The quantitative estimate of drug-likeness (QED) is 0.157. The summed E-state index contributed by atoms with van der Waals surface area (Å²) in [5.41, 5.74) is 12.7. The summed E-state index contributed by atoms with van der Waals surface area (Å²) in [4.78, 5) is 32.3. The summed E-state index contributed by atoms with van der Waals surface area (Å²) < 4.78 is 0. The van der Waals surface area contributed by atoms with E-state index in [0.29, 0.717) is 24.3 Å². The average Bonchev–Trinajstić information content (AvgIpc) is 3.97. The number of nitrogens with zero attached hydrogens (tertiary/aromatic N) is 3. The van der Waals surface area contributed by atoms with Crippen LogP contribution in [0.15, 0.2) is 72.9 Å². The lowest BCUT2D eigenvalue weighted by atomic mass is 9.73. The van der Waals surface area contributed by atoms with Crippen molar-refractivity contribution >= 4 is 27.7 Å². The molecule has 1 saturated carbocycles. The van der Waals surface area contributed by atoms with Crippen LogP contribution in [0.5, 0.6) is 0 Å². The van der Waals surface area contributed by atoms with Crippen molar-refractivity contribution in [3.05, 3.63) is 95.7 Å². The average molecular weight is 675 g/mol. The number of aromatic amines is 2. The molecule has 0 radical (unpaired) electrons. The van der Waals surface area contributed by atoms with Crippen molar-refractivity contribution < 1.29 is 4.79 Å². The summed E-state index contributed by atoms with van der Waals surface area (Å²) >= 11 is 0. The lowest BCUT2D eigenvalue weighted by Gasteiger charge is -2.32. The lowest BCUT2D eigenvalue weighted by Crippen LogP contribution is -2.31. The third-order valence-electron chi connectivity index (χ3n) is 12.4. The first-order valence-electron chi connectivity index (χ1n) is 19.3. The van der Waals surface area contributed by atoms with E-state index in [0.717, 1.165) is 73.1 Å². The number of hydrogen-bond acceptors (Lipinski definition) is 4. The molecule has 2 saturated heterocycles. The first-order valence-corrected chi connectivity index (χ1v) is 19.3. The van der Waals surface area contributed by atoms with Gasteiger partial charge in [-0.25, -0.2) is 9.97 Å². The van der Waals surface area contributed by atoms with E-state index in [-0.39, 0.29) is 11.9 Å². The van der Waals surface area contributed by atoms with E-state index in [1.165, 1.54) is 63.4 Å². The number of likely N-dealkylation sites (tertiary alicyclic amines) is 1. The SMILES string of the molecule is CC(C)CC(=O)N1CCC[C@H]1c1nc2ccc(-c3ccc(-c4ccc(-c5cnc([C@@H]6CCCN6)[nH]5)c5ccccc45)c4c3CC3CCC43)cc2[nH]1. The van der Waals surface area contributed by atoms with Crippen molar-refractivity contribution in [1.82, 2.24) is 30.2 Å². The number of nitrogens with one attached hydrogen (secondary N) is 3. The van der Waals surface area contributed by atoms with E-state index in [4.69, 9.17) is 9.97 Å². The normalized spacial score (nSPS) is 22.6. The van der Waals surface area contributed by atoms with E-state index in [1.54, 1.807) is 5.56 Å². The van der Waals surface area contributed by atoms with Gasteiger partial charge in [0.15, 0.2) is 0 Å². The number of H-pyrrole nitrogens is 2. The highest BCUT2D eigenvalue weighted by Crippen LogP contribution is 2.56. The molecule has 4 aromatic carbocycles. The van der Waals surface area contributed by atoms with Crippen LogP contribution in [0, 0.1) is 11.8 Å². The minimum Gasteiger partial charge on any atom is -0.341 e. The van der Waals surface area contributed by atoms with Crippen molar-refractivity contribution in [1.29, 1.82) is 0 Å². The molecule has 4 heterocycles. The van der Waals surface area contributed by atoms with Crippen molar-refractivity contribution in [2.75, 3.05) is 13.1 Å². The number of imidazole rings is 2. The number of amides is 1. The Hall–Kier alpha value is -4.75. The molecule has 2 aromatic heterocycles. The molecular formula is C44H46N6O. The predicted octanol–water partition coefficient (Wildman–Crippen LogP) is 9.62. The monoisotopic (exact) mass is 674 g/mol. The smallest absolute Gasteiger partial charge is 0.223 e. The fourth-order valence-electron chi connectivity index (χ4n) is 9.78. The number of carbonyl (C=O) groups excluding carboxylic acids is 1. The molecule has 0 spiro atoms. The fourth-order valence-corrected chi connectivity index (χ4v) is 9.78. The molecule has 6 aromatic rings. The highest BCUT2D eigenvalue weighted by molar-refractivity contribution is 6.05. The molecule has 3 N–H and O–H groups in total. The minimum atomic E-state index is 0.0343. The number of benzene rings is 4. The molecular weight excluding hydrogens is 629 g/mol. The van der Waals surface area contributed by atoms with Crippen LogP contribution in [-0.2, 0) is 11.2 Å². The van der Waals surface area contributed by atoms with Crippen LogP contribution >= 0.6 is 0 Å². The molecule has 7 nitrogen and oxygen atoms in total. The van der Waals surface area contributed by atoms with Crippen molar-refractivity contribution in [3.63, 3.8) is 0 Å². The molecule has 4 aliphatic rings. The van der Waals surface area contributed by atoms with Gasteiger partial charge in [0.05, 0.1) is 35.0 Å². The zero-order chi connectivity index (χ0) is 34.2. The second-order valence-corrected chi connectivity index (χ2v) is 15.9. The van der Waals surface area contributed by atoms with Crippen molar-refractivity contribution in [2.45, 2.75) is 83.2 Å². The van der Waals surface area contributed by atoms with Crippen LogP contribution in [0.3, 0.4) is 0 Å². The second kappa shape index (κ2) is 12.2. The maximum atomic E-state index is 13.1. The molecule has 2 unspecified atom stereocenters. The molecule has 7 heteroatoms. The Bertz CT molecular complexity index is 2310. The first-order chi connectivity index (χ1) is 25.0. The largest absolute Gasteiger partial charge is 0.341 e. The molecule has 258 valence electrons. The van der Waals surface area contributed by atoms with Gasteiger partial charge in [0.2, 0.25) is 5.91 Å². The van der Waals surface area contributed by atoms with Crippen LogP contribution < -0.4 is 5.32 Å². The standard InChI is InChI=1S/C44H46N6O/c1-25(2)21-41(51)50-20-6-10-40(50)44-47-36-18-12-27(23-38(36)48-44)28-14-17-34(42-29-13-11-26(29)22-35(28)42)32-15-16-33(31-8-4-3-7-30(31)32)39-24-46-43(49-39)37-9-5-19-45-37/h3-4,7-8,12,14-18,23-26,29,37,40,45H,5-6,9-11,13,19-22H2,1-2H3,(H,46,49)(H,47,48)/t26?,29?,37-,40-/m0/s1. The third kappa shape index (κ3) is 5.15. The summed E-state index contributed by atoms with van der Waals surface area (Å²) in [5.74, 6) is 3.93. The summed E-state index contributed by atoms with van der Waals surface area (Å²) in [7, 11) is 0. The Morgan fingerprint density at radius 3 is 2.49 bits per heavy atom. The van der Waals surface area contributed by atoms with E-state index in [9.17, 15) is 4.79 Å². The molecule has 3 fully saturated rings. The van der Waals surface area contributed by atoms with Gasteiger partial charge in [-0.3, -0.25) is 4.79 Å². The number of hydrogen-bond donors (Lipinski definition) is 3. The van der Waals surface area contributed by atoms with Gasteiger partial charge < -0.3 is 20.2 Å². The predicted molar refractivity (Wildman–Crippen MR) is 204 cm³/mol. The molecule has 1 amide bonds. The van der Waals surface area contributed by atoms with Gasteiger partial charge in [0, 0.05) is 18.5 Å². The number of rotatable bonds is 7. The third-order valence-corrected chi connectivity index (χ3v) is 12.4. The second-order valence-electron chi connectivity index (χ2n) is 15.9. The Morgan fingerprint density at radius 2 is 1.69 bits per heavy atom. The summed E-state index contributed by atoms with van der Waals surface area (Å²) in [6, 6.07) is 25.4. The van der Waals surface area contributed by atoms with Crippen molar-refractivity contribution in [2.24, 2.45) is 11.8 Å². The van der Waals surface area contributed by atoms with Crippen LogP contribution in [0.1, 0.15) is 99.6 Å². The maximum absolute atomic E-state index is 13.1. The van der Waals surface area contributed by atoms with E-state index < -0.39 is 0 Å². The molecule has 51 heavy (non-hydrogen) atoms. The number of carbonyl (C=O) groups is 1. The lowest BCUT2D eigenvalue weighted by molar-refractivity contribution is -0.133. The topological polar surface area (TPSA) is 89.7 Å². The Kier molecular flexibility index (Phi) is 7.42. The van der Waals surface area contributed by atoms with Gasteiger partial charge in [0.1, 0.15) is 11.6 Å². The summed E-state index contributed by atoms with van der Waals surface area (Å²) in [6.45, 7) is 6.11. The summed E-state index contributed by atoms with van der Waals surface area (Å²) in [6.07, 6.45) is 10.6. The van der Waals surface area contributed by atoms with E-state index >= 15 is 0 Å². The maximum Gasteiger partial charge on any atom is 0.223 e. The van der Waals surface area contributed by atoms with Gasteiger partial charge in [-0.1, -0.05) is 68.4 Å². The number of fused-ring (bicyclic) bond motifs is 5. The fraction of sp³-hybridized carbons (Fsp3) is 0.386. The van der Waals surface area contributed by atoms with E-state index in [1.807, 2.05) is 6.20 Å². The van der Waals surface area contributed by atoms with Crippen molar-refractivity contribution in [3.8, 4) is 33.5 Å². The first kappa shape index (κ1) is 31.0. The highest BCUT2D eigenvalue weighted by atomic mass is 16.2. The van der Waals surface area contributed by atoms with Gasteiger partial charge >= 0.3 is 0 Å². The van der Waals surface area contributed by atoms with Crippen LogP contribution in [-0.4, -0.2) is 43.8 Å². The zero-order valence-corrected chi connectivity index (χ0v) is 29.6. The molecule has 4 atom stereocenters. The number of aromatic nitrogens is 4. The van der Waals surface area contributed by atoms with Gasteiger partial charge in [-0.2, -0.15) is 0 Å². The molecule has 0 bridgehead atoms. The molecule has 2 aliphatic heterocycles. The molecule has 10 rings (SSSR count). The highest BCUT2D eigenvalue weighted by Gasteiger charge is 2.42. The van der Waals surface area contributed by atoms with Crippen LogP contribution in [0.25, 0.3) is 55.3 Å². The Balaban J connectivity index is 1.02. The minimum absolute atomic E-state index is 0.0343. The van der Waals surface area contributed by atoms with Crippen LogP contribution in [0.4, 0.5) is 0 Å². The van der Waals surface area contributed by atoms with Gasteiger partial charge in [0.25, 0.3) is 0 Å². The van der Waals surface area contributed by atoms with Gasteiger partial charge in [-0.05, 0) is 126 Å².